The third kappa shape index (κ3) is 3.37. The van der Waals surface area contributed by atoms with Crippen molar-refractivity contribution in [3.8, 4) is 11.8 Å². The van der Waals surface area contributed by atoms with Gasteiger partial charge in [-0.05, 0) is 24.3 Å². The highest BCUT2D eigenvalue weighted by Crippen LogP contribution is 2.11. The number of aliphatic hydroxyl groups is 1. The Morgan fingerprint density at radius 2 is 2.10 bits per heavy atom. The number of benzene rings is 1. The number of hydrogen-bond donors (Lipinski definition) is 2. The first kappa shape index (κ1) is 13.6. The average Bonchev–Trinajstić information content (AvgIpc) is 2.46. The van der Waals surface area contributed by atoms with Crippen LogP contribution in [0.3, 0.4) is 0 Å². The molecule has 0 fully saturated rings. The van der Waals surface area contributed by atoms with Gasteiger partial charge < -0.3 is 5.11 Å². The third-order valence-electron chi connectivity index (χ3n) is 2.32. The maximum Gasteiger partial charge on any atom is 0.260 e. The maximum atomic E-state index is 13.8. The van der Waals surface area contributed by atoms with Crippen LogP contribution in [0.4, 0.5) is 10.3 Å². The minimum Gasteiger partial charge on any atom is -0.384 e. The molecule has 1 aromatic carbocycles. The molecule has 1 amide bonds. The highest BCUT2D eigenvalue weighted by Gasteiger charge is 2.12. The molecular weight excluding hydrogens is 261 g/mol. The van der Waals surface area contributed by atoms with Crippen molar-refractivity contribution in [2.24, 2.45) is 0 Å². The van der Waals surface area contributed by atoms with Gasteiger partial charge in [0.15, 0.2) is 0 Å². The number of carbonyl (C=O) groups is 1. The number of hydrogen-bond acceptors (Lipinski definition) is 4. The van der Waals surface area contributed by atoms with Gasteiger partial charge in [-0.25, -0.2) is 14.4 Å². The predicted octanol–water partition coefficient (Wildman–Crippen LogP) is 1.21. The second-order valence-electron chi connectivity index (χ2n) is 3.68. The van der Waals surface area contributed by atoms with E-state index in [1.54, 1.807) is 6.07 Å². The molecule has 100 valence electrons. The Labute approximate surface area is 114 Å². The second-order valence-corrected chi connectivity index (χ2v) is 3.68. The Morgan fingerprint density at radius 1 is 1.35 bits per heavy atom. The standard InChI is InChI=1S/C14H10FN3O2/c15-12-9-10(3-1-8-19)4-5-11(12)13(20)18-14-16-6-2-7-17-14/h2,4-7,9,19H,8H2,(H,16,17,18,20). The van der Waals surface area contributed by atoms with Crippen molar-refractivity contribution in [3.63, 3.8) is 0 Å². The van der Waals surface area contributed by atoms with Crippen molar-refractivity contribution in [1.29, 1.82) is 0 Å². The molecule has 0 atom stereocenters. The lowest BCUT2D eigenvalue weighted by atomic mass is 10.1. The molecule has 2 aromatic rings. The topological polar surface area (TPSA) is 75.1 Å². The van der Waals surface area contributed by atoms with E-state index in [2.05, 4.69) is 27.1 Å². The molecule has 1 aromatic heterocycles. The Hall–Kier alpha value is -2.78. The van der Waals surface area contributed by atoms with E-state index < -0.39 is 11.7 Å². The van der Waals surface area contributed by atoms with Gasteiger partial charge in [-0.1, -0.05) is 11.8 Å². The first-order valence-electron chi connectivity index (χ1n) is 5.68. The summed E-state index contributed by atoms with van der Waals surface area (Å²) in [6.45, 7) is -0.310. The summed E-state index contributed by atoms with van der Waals surface area (Å²) in [7, 11) is 0. The lowest BCUT2D eigenvalue weighted by Crippen LogP contribution is -2.15. The summed E-state index contributed by atoms with van der Waals surface area (Å²) in [4.78, 5) is 19.5. The number of nitrogens with zero attached hydrogens (tertiary/aromatic N) is 2. The molecular formula is C14H10FN3O2. The van der Waals surface area contributed by atoms with Crippen LogP contribution in [0.1, 0.15) is 15.9 Å². The molecule has 0 unspecified atom stereocenters. The minimum atomic E-state index is -0.705. The Bertz CT molecular complexity index is 678. The Balaban J connectivity index is 2.18. The van der Waals surface area contributed by atoms with Crippen molar-refractivity contribution in [2.75, 3.05) is 11.9 Å². The first-order chi connectivity index (χ1) is 9.70. The number of amides is 1. The van der Waals surface area contributed by atoms with Crippen molar-refractivity contribution in [1.82, 2.24) is 9.97 Å². The number of rotatable bonds is 2. The number of aliphatic hydroxyl groups excluding tert-OH is 1. The average molecular weight is 271 g/mol. The predicted molar refractivity (Wildman–Crippen MR) is 70.3 cm³/mol. The SMILES string of the molecule is O=C(Nc1ncccn1)c1ccc(C#CCO)cc1F. The highest BCUT2D eigenvalue weighted by molar-refractivity contribution is 6.03. The van der Waals surface area contributed by atoms with Crippen molar-refractivity contribution < 1.29 is 14.3 Å². The van der Waals surface area contributed by atoms with Crippen LogP contribution in [0.2, 0.25) is 0 Å². The lowest BCUT2D eigenvalue weighted by Gasteiger charge is -2.04. The molecule has 2 N–H and O–H groups in total. The smallest absolute Gasteiger partial charge is 0.260 e. The van der Waals surface area contributed by atoms with Crippen LogP contribution in [0.25, 0.3) is 0 Å². The van der Waals surface area contributed by atoms with Crippen molar-refractivity contribution in [3.05, 3.63) is 53.6 Å². The van der Waals surface area contributed by atoms with E-state index in [1.165, 1.54) is 24.5 Å². The highest BCUT2D eigenvalue weighted by atomic mass is 19.1. The fraction of sp³-hybridized carbons (Fsp3) is 0.0714. The zero-order chi connectivity index (χ0) is 14.4. The van der Waals surface area contributed by atoms with E-state index in [4.69, 9.17) is 5.11 Å². The van der Waals surface area contributed by atoms with Gasteiger partial charge >= 0.3 is 0 Å². The van der Waals surface area contributed by atoms with Crippen LogP contribution in [0.5, 0.6) is 0 Å². The zero-order valence-corrected chi connectivity index (χ0v) is 10.3. The second kappa shape index (κ2) is 6.41. The van der Waals surface area contributed by atoms with Gasteiger partial charge in [0, 0.05) is 18.0 Å². The van der Waals surface area contributed by atoms with Gasteiger partial charge in [-0.3, -0.25) is 10.1 Å². The number of carbonyl (C=O) groups excluding carboxylic acids is 1. The molecule has 1 heterocycles. The van der Waals surface area contributed by atoms with E-state index >= 15 is 0 Å². The van der Waals surface area contributed by atoms with Crippen LogP contribution >= 0.6 is 0 Å². The molecule has 20 heavy (non-hydrogen) atoms. The van der Waals surface area contributed by atoms with Gasteiger partial charge in [-0.15, -0.1) is 0 Å². The van der Waals surface area contributed by atoms with Gasteiger partial charge in [0.25, 0.3) is 5.91 Å². The van der Waals surface area contributed by atoms with Gasteiger partial charge in [0.2, 0.25) is 5.95 Å². The summed E-state index contributed by atoms with van der Waals surface area (Å²) in [5.74, 6) is 3.70. The van der Waals surface area contributed by atoms with Gasteiger partial charge in [0.1, 0.15) is 12.4 Å². The fourth-order valence-electron chi connectivity index (χ4n) is 1.45. The summed E-state index contributed by atoms with van der Waals surface area (Å²) in [5, 5.41) is 10.9. The van der Waals surface area contributed by atoms with E-state index in [0.29, 0.717) is 5.56 Å². The quantitative estimate of drug-likeness (QED) is 0.805. The van der Waals surface area contributed by atoms with Crippen molar-refractivity contribution >= 4 is 11.9 Å². The summed E-state index contributed by atoms with van der Waals surface area (Å²) < 4.78 is 13.8. The third-order valence-corrected chi connectivity index (χ3v) is 2.32. The van der Waals surface area contributed by atoms with Crippen LogP contribution < -0.4 is 5.32 Å². The molecule has 0 radical (unpaired) electrons. The molecule has 0 bridgehead atoms. The molecule has 0 aliphatic carbocycles. The number of halogens is 1. The van der Waals surface area contributed by atoms with Crippen LogP contribution in [0, 0.1) is 17.7 Å². The molecule has 0 spiro atoms. The minimum absolute atomic E-state index is 0.0982. The Kier molecular flexibility index (Phi) is 4.37. The van der Waals surface area contributed by atoms with Crippen LogP contribution in [-0.4, -0.2) is 27.6 Å². The normalized spacial score (nSPS) is 9.50. The summed E-state index contributed by atoms with van der Waals surface area (Å²) in [6.07, 6.45) is 2.93. The van der Waals surface area contributed by atoms with E-state index in [1.807, 2.05) is 0 Å². The van der Waals surface area contributed by atoms with E-state index in [-0.39, 0.29) is 18.1 Å². The monoisotopic (exact) mass is 271 g/mol. The zero-order valence-electron chi connectivity index (χ0n) is 10.3. The molecule has 0 aliphatic rings. The largest absolute Gasteiger partial charge is 0.384 e. The summed E-state index contributed by atoms with van der Waals surface area (Å²) >= 11 is 0. The molecule has 0 saturated carbocycles. The fourth-order valence-corrected chi connectivity index (χ4v) is 1.45. The summed E-state index contributed by atoms with van der Waals surface area (Å²) in [5.41, 5.74) is 0.246. The molecule has 6 heteroatoms. The van der Waals surface area contributed by atoms with Crippen LogP contribution in [-0.2, 0) is 0 Å². The molecule has 5 nitrogen and oxygen atoms in total. The summed E-state index contributed by atoms with van der Waals surface area (Å²) in [6, 6.07) is 5.54. The van der Waals surface area contributed by atoms with E-state index in [9.17, 15) is 9.18 Å². The van der Waals surface area contributed by atoms with Gasteiger partial charge in [0.05, 0.1) is 5.56 Å². The Morgan fingerprint density at radius 3 is 2.75 bits per heavy atom. The van der Waals surface area contributed by atoms with Crippen molar-refractivity contribution in [2.45, 2.75) is 0 Å². The van der Waals surface area contributed by atoms with Crippen LogP contribution in [0.15, 0.2) is 36.7 Å². The van der Waals surface area contributed by atoms with Gasteiger partial charge in [-0.2, -0.15) is 0 Å². The maximum absolute atomic E-state index is 13.8. The number of anilines is 1. The number of nitrogens with one attached hydrogen (secondary N) is 1. The first-order valence-corrected chi connectivity index (χ1v) is 5.68. The molecule has 2 rings (SSSR count). The lowest BCUT2D eigenvalue weighted by molar-refractivity contribution is 0.102. The molecule has 0 aliphatic heterocycles. The number of aromatic nitrogens is 2. The molecule has 0 saturated heterocycles. The van der Waals surface area contributed by atoms with E-state index in [0.717, 1.165) is 6.07 Å².